The van der Waals surface area contributed by atoms with E-state index in [9.17, 15) is 4.79 Å². The molecule has 5 nitrogen and oxygen atoms in total. The first-order valence-electron chi connectivity index (χ1n) is 7.95. The van der Waals surface area contributed by atoms with E-state index < -0.39 is 0 Å². The number of amides is 1. The molecule has 0 saturated carbocycles. The van der Waals surface area contributed by atoms with E-state index in [4.69, 9.17) is 4.42 Å². The van der Waals surface area contributed by atoms with Crippen LogP contribution in [0.15, 0.2) is 53.1 Å². The van der Waals surface area contributed by atoms with E-state index in [1.807, 2.05) is 67.9 Å². The Kier molecular flexibility index (Phi) is 4.51. The largest absolute Gasteiger partial charge is 0.467 e. The van der Waals surface area contributed by atoms with Crippen LogP contribution in [0.3, 0.4) is 0 Å². The molecular formula is C19H21N3O2. The van der Waals surface area contributed by atoms with E-state index in [1.165, 1.54) is 0 Å². The number of hydrogen-bond donors (Lipinski definition) is 1. The fourth-order valence-corrected chi connectivity index (χ4v) is 2.75. The van der Waals surface area contributed by atoms with Crippen LogP contribution in [0.4, 0.5) is 0 Å². The van der Waals surface area contributed by atoms with Crippen molar-refractivity contribution in [1.29, 1.82) is 0 Å². The Balaban J connectivity index is 1.79. The van der Waals surface area contributed by atoms with Crippen LogP contribution >= 0.6 is 0 Å². The van der Waals surface area contributed by atoms with E-state index in [-0.39, 0.29) is 11.9 Å². The third kappa shape index (κ3) is 3.40. The minimum atomic E-state index is -0.178. The van der Waals surface area contributed by atoms with Crippen molar-refractivity contribution in [2.75, 3.05) is 6.54 Å². The van der Waals surface area contributed by atoms with Gasteiger partial charge in [0.2, 0.25) is 0 Å². The van der Waals surface area contributed by atoms with E-state index in [0.717, 1.165) is 22.7 Å². The van der Waals surface area contributed by atoms with Crippen LogP contribution in [-0.4, -0.2) is 22.2 Å². The molecule has 0 aliphatic heterocycles. The van der Waals surface area contributed by atoms with Gasteiger partial charge in [0, 0.05) is 17.8 Å². The Morgan fingerprint density at radius 3 is 2.54 bits per heavy atom. The molecule has 0 aliphatic carbocycles. The molecule has 24 heavy (non-hydrogen) atoms. The molecule has 2 heterocycles. The fourth-order valence-electron chi connectivity index (χ4n) is 2.75. The van der Waals surface area contributed by atoms with Crippen molar-refractivity contribution in [1.82, 2.24) is 15.1 Å². The lowest BCUT2D eigenvalue weighted by Gasteiger charge is -2.18. The summed E-state index contributed by atoms with van der Waals surface area (Å²) in [5.41, 5.74) is 3.74. The highest BCUT2D eigenvalue weighted by molar-refractivity contribution is 5.94. The molecule has 1 N–H and O–H groups in total. The monoisotopic (exact) mass is 323 g/mol. The molecule has 0 aliphatic rings. The van der Waals surface area contributed by atoms with Gasteiger partial charge in [-0.3, -0.25) is 9.48 Å². The van der Waals surface area contributed by atoms with E-state index >= 15 is 0 Å². The van der Waals surface area contributed by atoms with Gasteiger partial charge in [0.05, 0.1) is 12.0 Å². The summed E-state index contributed by atoms with van der Waals surface area (Å²) in [5.74, 6) is 0.665. The van der Waals surface area contributed by atoms with Gasteiger partial charge in [0.15, 0.2) is 0 Å². The van der Waals surface area contributed by atoms with Gasteiger partial charge in [0.1, 0.15) is 11.8 Å². The summed E-state index contributed by atoms with van der Waals surface area (Å²) in [6, 6.07) is 13.1. The first-order chi connectivity index (χ1) is 11.5. The second-order valence-corrected chi connectivity index (χ2v) is 5.98. The molecule has 0 fully saturated rings. The van der Waals surface area contributed by atoms with Crippen molar-refractivity contribution in [3.05, 3.63) is 77.0 Å². The SMILES string of the molecule is Cc1ccc(C(=O)NCC(c2ccco2)n2nc(C)cc2C)cc1. The quantitative estimate of drug-likeness (QED) is 0.782. The van der Waals surface area contributed by atoms with Gasteiger partial charge in [-0.25, -0.2) is 0 Å². The van der Waals surface area contributed by atoms with Gasteiger partial charge in [0.25, 0.3) is 5.91 Å². The summed E-state index contributed by atoms with van der Waals surface area (Å²) < 4.78 is 7.45. The number of furan rings is 1. The van der Waals surface area contributed by atoms with Gasteiger partial charge in [-0.15, -0.1) is 0 Å². The summed E-state index contributed by atoms with van der Waals surface area (Å²) >= 11 is 0. The van der Waals surface area contributed by atoms with Crippen molar-refractivity contribution < 1.29 is 9.21 Å². The average molecular weight is 323 g/mol. The molecule has 124 valence electrons. The zero-order valence-electron chi connectivity index (χ0n) is 14.1. The van der Waals surface area contributed by atoms with Crippen molar-refractivity contribution in [3.63, 3.8) is 0 Å². The summed E-state index contributed by atoms with van der Waals surface area (Å²) in [5, 5.41) is 7.52. The zero-order chi connectivity index (χ0) is 17.1. The Morgan fingerprint density at radius 2 is 1.96 bits per heavy atom. The number of benzene rings is 1. The van der Waals surface area contributed by atoms with Crippen LogP contribution < -0.4 is 5.32 Å². The molecular weight excluding hydrogens is 302 g/mol. The summed E-state index contributed by atoms with van der Waals surface area (Å²) in [6.45, 7) is 6.35. The molecule has 1 amide bonds. The number of carbonyl (C=O) groups is 1. The third-order valence-electron chi connectivity index (χ3n) is 3.98. The van der Waals surface area contributed by atoms with Gasteiger partial charge >= 0.3 is 0 Å². The highest BCUT2D eigenvalue weighted by Gasteiger charge is 2.20. The Hall–Kier alpha value is -2.82. The normalized spacial score (nSPS) is 12.1. The molecule has 0 saturated heterocycles. The molecule has 0 radical (unpaired) electrons. The maximum absolute atomic E-state index is 12.4. The Labute approximate surface area is 141 Å². The molecule has 3 rings (SSSR count). The highest BCUT2D eigenvalue weighted by Crippen LogP contribution is 2.20. The second kappa shape index (κ2) is 6.74. The van der Waals surface area contributed by atoms with Crippen molar-refractivity contribution >= 4 is 5.91 Å². The average Bonchev–Trinajstić information content (AvgIpc) is 3.19. The maximum atomic E-state index is 12.4. The molecule has 3 aromatic rings. The van der Waals surface area contributed by atoms with Crippen molar-refractivity contribution in [2.24, 2.45) is 0 Å². The number of nitrogens with zero attached hydrogens (tertiary/aromatic N) is 2. The number of rotatable bonds is 5. The molecule has 5 heteroatoms. The fraction of sp³-hybridized carbons (Fsp3) is 0.263. The first-order valence-corrected chi connectivity index (χ1v) is 7.95. The van der Waals surface area contributed by atoms with Crippen LogP contribution in [0.2, 0.25) is 0 Å². The third-order valence-corrected chi connectivity index (χ3v) is 3.98. The molecule has 0 spiro atoms. The molecule has 2 aromatic heterocycles. The molecule has 0 bridgehead atoms. The Bertz CT molecular complexity index is 817. The number of hydrogen-bond acceptors (Lipinski definition) is 3. The van der Waals surface area contributed by atoms with Gasteiger partial charge in [-0.1, -0.05) is 17.7 Å². The van der Waals surface area contributed by atoms with Crippen LogP contribution in [0.25, 0.3) is 0 Å². The topological polar surface area (TPSA) is 60.1 Å². The highest BCUT2D eigenvalue weighted by atomic mass is 16.3. The van der Waals surface area contributed by atoms with Crippen LogP contribution in [0, 0.1) is 20.8 Å². The zero-order valence-corrected chi connectivity index (χ0v) is 14.1. The van der Waals surface area contributed by atoms with Gasteiger partial charge in [-0.2, -0.15) is 5.10 Å². The number of aromatic nitrogens is 2. The van der Waals surface area contributed by atoms with Crippen LogP contribution in [0.5, 0.6) is 0 Å². The first kappa shape index (κ1) is 16.1. The van der Waals surface area contributed by atoms with Crippen LogP contribution in [-0.2, 0) is 0 Å². The predicted octanol–water partition coefficient (Wildman–Crippen LogP) is 3.42. The second-order valence-electron chi connectivity index (χ2n) is 5.98. The molecule has 1 atom stereocenters. The number of carbonyl (C=O) groups excluding carboxylic acids is 1. The predicted molar refractivity (Wildman–Crippen MR) is 92.1 cm³/mol. The Morgan fingerprint density at radius 1 is 1.21 bits per heavy atom. The number of aryl methyl sites for hydroxylation is 3. The van der Waals surface area contributed by atoms with Crippen LogP contribution in [0.1, 0.15) is 39.1 Å². The molecule has 1 aromatic carbocycles. The van der Waals surface area contributed by atoms with Gasteiger partial charge < -0.3 is 9.73 Å². The minimum Gasteiger partial charge on any atom is -0.467 e. The summed E-state index contributed by atoms with van der Waals surface area (Å²) in [7, 11) is 0. The van der Waals surface area contributed by atoms with E-state index in [2.05, 4.69) is 10.4 Å². The maximum Gasteiger partial charge on any atom is 0.251 e. The van der Waals surface area contributed by atoms with Crippen molar-refractivity contribution in [3.8, 4) is 0 Å². The molecule has 1 unspecified atom stereocenters. The summed E-state index contributed by atoms with van der Waals surface area (Å²) in [6.07, 6.45) is 1.63. The number of nitrogens with one attached hydrogen (secondary N) is 1. The summed E-state index contributed by atoms with van der Waals surface area (Å²) in [4.78, 5) is 12.4. The van der Waals surface area contributed by atoms with E-state index in [1.54, 1.807) is 6.26 Å². The lowest BCUT2D eigenvalue weighted by Crippen LogP contribution is -2.32. The lowest BCUT2D eigenvalue weighted by molar-refractivity contribution is 0.0948. The lowest BCUT2D eigenvalue weighted by atomic mass is 10.1. The van der Waals surface area contributed by atoms with E-state index in [0.29, 0.717) is 12.1 Å². The van der Waals surface area contributed by atoms with Crippen molar-refractivity contribution in [2.45, 2.75) is 26.8 Å². The minimum absolute atomic E-state index is 0.104. The smallest absolute Gasteiger partial charge is 0.251 e. The van der Waals surface area contributed by atoms with Gasteiger partial charge in [-0.05, 0) is 51.1 Å². The standard InChI is InChI=1S/C19H21N3O2/c1-13-6-8-16(9-7-13)19(23)20-12-17(18-5-4-10-24-18)22-15(3)11-14(2)21-22/h4-11,17H,12H2,1-3H3,(H,20,23).